The molecule has 0 radical (unpaired) electrons. The third-order valence-corrected chi connectivity index (χ3v) is 7.53. The molecule has 2 aromatic heterocycles. The molecule has 4 atom stereocenters. The highest BCUT2D eigenvalue weighted by Gasteiger charge is 2.56. The Bertz CT molecular complexity index is 1200. The summed E-state index contributed by atoms with van der Waals surface area (Å²) in [5.74, 6) is 2.80. The van der Waals surface area contributed by atoms with E-state index in [0.717, 1.165) is 24.0 Å². The number of nitrogens with one attached hydrogen (secondary N) is 2. The van der Waals surface area contributed by atoms with Gasteiger partial charge in [0.25, 0.3) is 0 Å². The first-order valence-corrected chi connectivity index (χ1v) is 15.1. The Morgan fingerprint density at radius 3 is 2.37 bits per heavy atom. The zero-order valence-corrected chi connectivity index (χ0v) is 25.0. The van der Waals surface area contributed by atoms with E-state index < -0.39 is 30.3 Å². The van der Waals surface area contributed by atoms with E-state index in [-0.39, 0.29) is 6.61 Å². The average molecular weight is 605 g/mol. The van der Waals surface area contributed by atoms with Gasteiger partial charge in [0.15, 0.2) is 17.7 Å². The predicted octanol–water partition coefficient (Wildman–Crippen LogP) is 1.70. The Hall–Kier alpha value is -2.61. The van der Waals surface area contributed by atoms with Crippen LogP contribution < -0.4 is 10.6 Å². The third kappa shape index (κ3) is 8.31. The summed E-state index contributed by atoms with van der Waals surface area (Å²) in [5, 5.41) is 22.3. The lowest BCUT2D eigenvalue weighted by Crippen LogP contribution is -2.31. The molecule has 3 N–H and O–H groups in total. The zero-order chi connectivity index (χ0) is 30.1. The lowest BCUT2D eigenvalue weighted by atomic mass is 10.1. The minimum Gasteiger partial charge on any atom is -0.394 e. The average Bonchev–Trinajstić information content (AvgIpc) is 3.77. The van der Waals surface area contributed by atoms with Crippen LogP contribution in [0.5, 0.6) is 0 Å². The molecule has 14 nitrogen and oxygen atoms in total. The largest absolute Gasteiger partial charge is 0.394 e. The number of fused-ring (bicyclic) bond motifs is 2. The van der Waals surface area contributed by atoms with Gasteiger partial charge >= 0.3 is 0 Å². The number of hydrogen-bond donors (Lipinski definition) is 3. The van der Waals surface area contributed by atoms with Crippen LogP contribution in [0, 0.1) is 12.3 Å². The van der Waals surface area contributed by atoms with Crippen molar-refractivity contribution in [1.82, 2.24) is 19.7 Å². The fourth-order valence-corrected chi connectivity index (χ4v) is 5.59. The number of anilines is 2. The maximum Gasteiger partial charge on any atom is 0.226 e. The number of terminal acetylenes is 1. The second-order valence-corrected chi connectivity index (χ2v) is 11.2. The van der Waals surface area contributed by atoms with Gasteiger partial charge < -0.3 is 48.9 Å². The summed E-state index contributed by atoms with van der Waals surface area (Å²) in [6.45, 7) is 7.63. The number of nitrogens with zero attached hydrogens (tertiary/aromatic N) is 4. The van der Waals surface area contributed by atoms with Crippen molar-refractivity contribution >= 4 is 22.8 Å². The Labute approximate surface area is 252 Å². The highest BCUT2D eigenvalue weighted by molar-refractivity contribution is 5.87. The molecule has 0 spiro atoms. The van der Waals surface area contributed by atoms with Crippen LogP contribution >= 0.6 is 0 Å². The topological polar surface area (TPSA) is 152 Å². The highest BCUT2D eigenvalue weighted by Crippen LogP contribution is 2.43. The van der Waals surface area contributed by atoms with Crippen molar-refractivity contribution in [2.45, 2.75) is 75.9 Å². The van der Waals surface area contributed by atoms with Crippen molar-refractivity contribution < 1.29 is 38.3 Å². The number of aliphatic hydroxyl groups is 1. The van der Waals surface area contributed by atoms with Crippen LogP contribution in [0.3, 0.4) is 0 Å². The van der Waals surface area contributed by atoms with Crippen LogP contribution in [-0.2, 0) is 33.2 Å². The molecule has 0 amide bonds. The molecule has 2 aromatic rings. The van der Waals surface area contributed by atoms with Gasteiger partial charge in [0.05, 0.1) is 64.4 Å². The maximum absolute atomic E-state index is 9.95. The Balaban J connectivity index is 1.15. The van der Waals surface area contributed by atoms with Gasteiger partial charge in [-0.05, 0) is 26.7 Å². The lowest BCUT2D eigenvalue weighted by Gasteiger charge is -2.24. The molecular weight excluding hydrogens is 560 g/mol. The second-order valence-electron chi connectivity index (χ2n) is 11.2. The molecule has 3 aliphatic rings. The maximum atomic E-state index is 9.95. The highest BCUT2D eigenvalue weighted by atomic mass is 16.8. The number of rotatable bonds is 18. The molecule has 3 fully saturated rings. The first-order chi connectivity index (χ1) is 21.0. The van der Waals surface area contributed by atoms with E-state index in [9.17, 15) is 5.11 Å². The Morgan fingerprint density at radius 2 is 1.67 bits per heavy atom. The van der Waals surface area contributed by atoms with Gasteiger partial charge in [0.2, 0.25) is 5.95 Å². The number of aromatic nitrogens is 4. The Morgan fingerprint density at radius 1 is 1.00 bits per heavy atom. The lowest BCUT2D eigenvalue weighted by molar-refractivity contribution is -0.201. The Kier molecular flexibility index (Phi) is 11.4. The van der Waals surface area contributed by atoms with Crippen LogP contribution in [0.2, 0.25) is 0 Å². The molecule has 1 aliphatic carbocycles. The summed E-state index contributed by atoms with van der Waals surface area (Å²) >= 11 is 0. The summed E-state index contributed by atoms with van der Waals surface area (Å²) in [7, 11) is 0. The quantitative estimate of drug-likeness (QED) is 0.167. The van der Waals surface area contributed by atoms with E-state index in [1.807, 2.05) is 13.8 Å². The van der Waals surface area contributed by atoms with Gasteiger partial charge in [-0.2, -0.15) is 15.1 Å². The van der Waals surface area contributed by atoms with Crippen molar-refractivity contribution in [2.24, 2.45) is 0 Å². The van der Waals surface area contributed by atoms with E-state index in [1.54, 1.807) is 10.9 Å². The van der Waals surface area contributed by atoms with E-state index in [1.165, 1.54) is 12.8 Å². The molecule has 2 aliphatic heterocycles. The molecule has 5 rings (SSSR count). The zero-order valence-electron chi connectivity index (χ0n) is 25.0. The van der Waals surface area contributed by atoms with Crippen molar-refractivity contribution in [3.63, 3.8) is 0 Å². The second kappa shape index (κ2) is 15.4. The van der Waals surface area contributed by atoms with Crippen LogP contribution in [-0.4, -0.2) is 121 Å². The summed E-state index contributed by atoms with van der Waals surface area (Å²) in [6.07, 6.45) is 9.47. The normalized spacial score (nSPS) is 24.9. The molecule has 14 heteroatoms. The molecule has 4 heterocycles. The van der Waals surface area contributed by atoms with E-state index in [4.69, 9.17) is 49.5 Å². The predicted molar refractivity (Wildman–Crippen MR) is 157 cm³/mol. The standard InChI is InChI=1S/C29H44N6O8/c1-4-10-37-12-14-39-16-17-40-15-13-38-11-9-30-28-33-25(32-20-7-5-6-8-20)21-18-31-35(26(21)34-28)27-24-23(22(19-36)41-27)42-29(2,3)43-24/h1,18,20,22-24,27,36H,5-17,19H2,2-3H3,(H2,30,32,33,34)/t22-,23-,24-,27-/m1/s1. The fourth-order valence-electron chi connectivity index (χ4n) is 5.59. The third-order valence-electron chi connectivity index (χ3n) is 7.53. The van der Waals surface area contributed by atoms with E-state index in [2.05, 4.69) is 21.7 Å². The van der Waals surface area contributed by atoms with E-state index >= 15 is 0 Å². The molecule has 43 heavy (non-hydrogen) atoms. The van der Waals surface area contributed by atoms with Crippen molar-refractivity contribution in [3.05, 3.63) is 6.20 Å². The van der Waals surface area contributed by atoms with Gasteiger partial charge in [0, 0.05) is 12.6 Å². The van der Waals surface area contributed by atoms with Crippen LogP contribution in [0.25, 0.3) is 11.0 Å². The van der Waals surface area contributed by atoms with E-state index in [0.29, 0.717) is 77.0 Å². The smallest absolute Gasteiger partial charge is 0.226 e. The van der Waals surface area contributed by atoms with Gasteiger partial charge in [-0.25, -0.2) is 4.68 Å². The fraction of sp³-hybridized carbons (Fsp3) is 0.759. The number of ether oxygens (including phenoxy) is 7. The van der Waals surface area contributed by atoms with Gasteiger partial charge in [-0.15, -0.1) is 6.42 Å². The first-order valence-electron chi connectivity index (χ1n) is 15.1. The SMILES string of the molecule is C#CCOCCOCCOCCOCCNc1nc(NC2CCCC2)c2cnn([C@@H]3O[C@H](CO)[C@H]4OC(C)(C)O[C@H]43)c2n1. The molecule has 2 saturated heterocycles. The monoisotopic (exact) mass is 604 g/mol. The first kappa shape index (κ1) is 31.8. The molecular formula is C29H44N6O8. The van der Waals surface area contributed by atoms with Gasteiger partial charge in [-0.1, -0.05) is 18.8 Å². The van der Waals surface area contributed by atoms with Crippen molar-refractivity contribution in [3.8, 4) is 12.3 Å². The molecule has 238 valence electrons. The minimum atomic E-state index is -0.790. The van der Waals surface area contributed by atoms with Crippen molar-refractivity contribution in [2.75, 3.05) is 76.6 Å². The minimum absolute atomic E-state index is 0.186. The molecule has 0 aromatic carbocycles. The number of aliphatic hydroxyl groups excluding tert-OH is 1. The van der Waals surface area contributed by atoms with Gasteiger partial charge in [-0.3, -0.25) is 0 Å². The number of hydrogen-bond acceptors (Lipinski definition) is 13. The van der Waals surface area contributed by atoms with Crippen molar-refractivity contribution in [1.29, 1.82) is 0 Å². The van der Waals surface area contributed by atoms with Crippen LogP contribution in [0.4, 0.5) is 11.8 Å². The summed E-state index contributed by atoms with van der Waals surface area (Å²) < 4.78 is 41.9. The van der Waals surface area contributed by atoms with Crippen LogP contribution in [0.1, 0.15) is 45.8 Å². The van der Waals surface area contributed by atoms with Gasteiger partial charge in [0.1, 0.15) is 30.7 Å². The summed E-state index contributed by atoms with van der Waals surface area (Å²) in [5.41, 5.74) is 0.604. The summed E-state index contributed by atoms with van der Waals surface area (Å²) in [6, 6.07) is 0.350. The molecule has 0 bridgehead atoms. The molecule has 1 saturated carbocycles. The molecule has 0 unspecified atom stereocenters. The van der Waals surface area contributed by atoms with Crippen LogP contribution in [0.15, 0.2) is 6.20 Å². The summed E-state index contributed by atoms with van der Waals surface area (Å²) in [4.78, 5) is 9.59.